The predicted octanol–water partition coefficient (Wildman–Crippen LogP) is 28.0. The summed E-state index contributed by atoms with van der Waals surface area (Å²) in [5.74, 6) is 4.38. The highest BCUT2D eigenvalue weighted by atomic mass is 16.5. The minimum Gasteiger partial charge on any atom is -0.494 e. The van der Waals surface area contributed by atoms with Gasteiger partial charge in [-0.3, -0.25) is 0 Å². The molecule has 0 bridgehead atoms. The molecule has 4 nitrogen and oxygen atoms in total. The highest BCUT2D eigenvalue weighted by Gasteiger charge is 2.12. The summed E-state index contributed by atoms with van der Waals surface area (Å²) in [6.07, 6.45) is 78.9. The van der Waals surface area contributed by atoms with Crippen LogP contribution in [0.3, 0.4) is 0 Å². The first-order chi connectivity index (χ1) is 43.1. The van der Waals surface area contributed by atoms with Crippen molar-refractivity contribution < 1.29 is 18.6 Å². The Morgan fingerprint density at radius 3 is 0.621 bits per heavy atom. The number of hydrogen-bond acceptors (Lipinski definition) is 3. The van der Waals surface area contributed by atoms with Crippen LogP contribution in [0, 0.1) is 0 Å². The van der Waals surface area contributed by atoms with Crippen LogP contribution in [0.2, 0.25) is 0 Å². The fourth-order valence-corrected chi connectivity index (χ4v) is 11.9. The molecule has 4 heteroatoms. The highest BCUT2D eigenvalue weighted by molar-refractivity contribution is 5.75. The maximum atomic E-state index is 6.50. The van der Waals surface area contributed by atoms with E-state index in [4.69, 9.17) is 18.6 Å². The van der Waals surface area contributed by atoms with Crippen molar-refractivity contribution >= 4 is 36.5 Å². The van der Waals surface area contributed by atoms with Gasteiger partial charge in [-0.15, -0.1) is 0 Å². The summed E-state index contributed by atoms with van der Waals surface area (Å²) < 4.78 is 25.0. The maximum absolute atomic E-state index is 6.50. The average molecular weight is 1190 g/mol. The minimum atomic E-state index is 0.776. The van der Waals surface area contributed by atoms with Crippen molar-refractivity contribution in [1.82, 2.24) is 0 Å². The number of ether oxygens (including phenoxy) is 3. The minimum absolute atomic E-state index is 0.776. The van der Waals surface area contributed by atoms with Gasteiger partial charge >= 0.3 is 11.5 Å². The largest absolute Gasteiger partial charge is 0.494 e. The van der Waals surface area contributed by atoms with E-state index in [-0.39, 0.29) is 0 Å². The molecule has 1 aromatic heterocycles. The summed E-state index contributed by atoms with van der Waals surface area (Å²) in [7, 11) is 0. The van der Waals surface area contributed by atoms with Gasteiger partial charge in [-0.05, 0) is 90.1 Å². The van der Waals surface area contributed by atoms with Crippen LogP contribution >= 0.6 is 0 Å². The van der Waals surface area contributed by atoms with Crippen molar-refractivity contribution in [2.75, 3.05) is 19.8 Å². The lowest BCUT2D eigenvalue weighted by Crippen LogP contribution is -1.97. The SMILES string of the molecule is CCCCCCCCCCCCCCCCCCOc1ccc(/C=C/c2cc(/C=C/c3ccc(OCCCCCCCCCCCCCCCCCC)cc3)[o+]c(/C=C/c3ccc(OCCCCCCCCCCCCCCCCCC)cc3)c2)cc1. The molecule has 0 aliphatic carbocycles. The predicted molar refractivity (Wildman–Crippen MR) is 384 cm³/mol. The van der Waals surface area contributed by atoms with E-state index in [0.29, 0.717) is 0 Å². The smallest absolute Gasteiger partial charge is 0.354 e. The normalized spacial score (nSPS) is 11.8. The Hall–Kier alpha value is -4.57. The fraction of sp³-hybridized carbons (Fsp3) is 0.651. The molecule has 0 fully saturated rings. The van der Waals surface area contributed by atoms with Gasteiger partial charge in [0.15, 0.2) is 0 Å². The molecule has 4 rings (SSSR count). The third-order valence-electron chi connectivity index (χ3n) is 17.6. The summed E-state index contributed by atoms with van der Waals surface area (Å²) in [6.45, 7) is 9.23. The highest BCUT2D eigenvalue weighted by Crippen LogP contribution is 2.24. The molecule has 0 amide bonds. The van der Waals surface area contributed by atoms with Crippen LogP contribution < -0.4 is 14.2 Å². The molecule has 0 saturated carbocycles. The van der Waals surface area contributed by atoms with Crippen molar-refractivity contribution in [2.24, 2.45) is 0 Å². The number of unbranched alkanes of at least 4 members (excludes halogenated alkanes) is 45. The van der Waals surface area contributed by atoms with E-state index in [1.54, 1.807) is 0 Å². The monoisotopic (exact) mass is 1190 g/mol. The quantitative estimate of drug-likeness (QED) is 0.0326. The summed E-state index contributed by atoms with van der Waals surface area (Å²) >= 11 is 0. The average Bonchev–Trinajstić information content (AvgIpc) is 3.72. The zero-order chi connectivity index (χ0) is 61.2. The van der Waals surface area contributed by atoms with Crippen molar-refractivity contribution in [3.8, 4) is 17.2 Å². The van der Waals surface area contributed by atoms with Crippen LogP contribution in [0.4, 0.5) is 0 Å². The van der Waals surface area contributed by atoms with Crippen molar-refractivity contribution in [3.63, 3.8) is 0 Å². The Kier molecular flexibility index (Phi) is 47.8. The van der Waals surface area contributed by atoms with E-state index in [1.165, 1.54) is 289 Å². The van der Waals surface area contributed by atoms with Gasteiger partial charge in [-0.25, -0.2) is 4.42 Å². The zero-order valence-corrected chi connectivity index (χ0v) is 56.7. The molecule has 0 radical (unpaired) electrons. The molecule has 3 aromatic carbocycles. The zero-order valence-electron chi connectivity index (χ0n) is 56.7. The Labute approximate surface area is 537 Å². The molecule has 0 N–H and O–H groups in total. The molecular weight excluding hydrogens is 1060 g/mol. The van der Waals surface area contributed by atoms with Gasteiger partial charge in [0, 0.05) is 12.2 Å². The van der Waals surface area contributed by atoms with E-state index < -0.39 is 0 Å². The summed E-state index contributed by atoms with van der Waals surface area (Å²) in [5.41, 5.74) is 4.41. The number of rotatable bonds is 60. The third-order valence-corrected chi connectivity index (χ3v) is 17.6. The van der Waals surface area contributed by atoms with Crippen molar-refractivity contribution in [1.29, 1.82) is 0 Å². The first kappa shape index (κ1) is 74.9. The maximum Gasteiger partial charge on any atom is 0.354 e. The van der Waals surface area contributed by atoms with Crippen LogP contribution in [0.15, 0.2) is 89.3 Å². The van der Waals surface area contributed by atoms with Gasteiger partial charge in [0.1, 0.15) is 17.2 Å². The van der Waals surface area contributed by atoms with E-state index in [0.717, 1.165) is 90.1 Å². The van der Waals surface area contributed by atoms with Crippen LogP contribution in [0.1, 0.15) is 363 Å². The molecule has 0 atom stereocenters. The number of hydrogen-bond donors (Lipinski definition) is 0. The van der Waals surface area contributed by atoms with Crippen molar-refractivity contribution in [3.05, 3.63) is 119 Å². The van der Waals surface area contributed by atoms with Gasteiger partial charge < -0.3 is 14.2 Å². The molecular formula is C83H131O4+. The Morgan fingerprint density at radius 1 is 0.218 bits per heavy atom. The molecule has 0 unspecified atom stereocenters. The second-order valence-electron chi connectivity index (χ2n) is 25.9. The lowest BCUT2D eigenvalue weighted by atomic mass is 10.0. The Morgan fingerprint density at radius 2 is 0.402 bits per heavy atom. The fourth-order valence-electron chi connectivity index (χ4n) is 11.9. The molecule has 4 aromatic rings. The topological polar surface area (TPSA) is 39.0 Å². The van der Waals surface area contributed by atoms with E-state index in [1.807, 2.05) is 0 Å². The molecule has 87 heavy (non-hydrogen) atoms. The summed E-state index contributed by atoms with van der Waals surface area (Å²) in [5, 5.41) is 0. The van der Waals surface area contributed by atoms with Crippen LogP contribution in [0.25, 0.3) is 36.5 Å². The molecule has 0 spiro atoms. The standard InChI is InChI=1S/C83H131O4/c1-4-7-10-13-16-19-22-25-28-31-34-37-40-43-46-49-70-84-79-62-54-75(55-63-79)52-53-78-73-82(68-60-76-56-64-80(65-57-76)85-71-50-47-44-41-38-35-32-29-26-23-20-17-14-11-8-5-2)87-83(74-78)69-61-77-58-66-81(67-59-77)86-72-51-48-45-42-39-36-33-30-27-24-21-18-15-12-9-6-3/h52-69,73-74H,4-51,70-72H2,1-3H3/q+1/b53-52+,68-60+,69-61+. The lowest BCUT2D eigenvalue weighted by molar-refractivity contribution is 0.304. The van der Waals surface area contributed by atoms with Gasteiger partial charge in [-0.2, -0.15) is 0 Å². The van der Waals surface area contributed by atoms with Gasteiger partial charge in [-0.1, -0.05) is 358 Å². The van der Waals surface area contributed by atoms with Gasteiger partial charge in [0.2, 0.25) is 0 Å². The van der Waals surface area contributed by atoms with Gasteiger partial charge in [0.05, 0.1) is 32.0 Å². The van der Waals surface area contributed by atoms with E-state index >= 15 is 0 Å². The molecule has 486 valence electrons. The van der Waals surface area contributed by atoms with Crippen molar-refractivity contribution in [2.45, 2.75) is 329 Å². The van der Waals surface area contributed by atoms with Crippen LogP contribution in [-0.4, -0.2) is 19.8 Å². The summed E-state index contributed by atoms with van der Waals surface area (Å²) in [6, 6.07) is 29.6. The lowest BCUT2D eigenvalue weighted by Gasteiger charge is -2.07. The molecule has 0 aliphatic rings. The molecule has 1 heterocycles. The van der Waals surface area contributed by atoms with E-state index in [9.17, 15) is 0 Å². The molecule has 0 saturated heterocycles. The second kappa shape index (κ2) is 55.5. The van der Waals surface area contributed by atoms with Gasteiger partial charge in [0.25, 0.3) is 0 Å². The van der Waals surface area contributed by atoms with Crippen LogP contribution in [-0.2, 0) is 0 Å². The first-order valence-electron chi connectivity index (χ1n) is 37.4. The molecule has 0 aliphatic heterocycles. The number of benzene rings is 3. The first-order valence-corrected chi connectivity index (χ1v) is 37.4. The second-order valence-corrected chi connectivity index (χ2v) is 25.9. The summed E-state index contributed by atoms with van der Waals surface area (Å²) in [4.78, 5) is 0. The van der Waals surface area contributed by atoms with Crippen LogP contribution in [0.5, 0.6) is 17.2 Å². The Balaban J connectivity index is 1.19. The Bertz CT molecular complexity index is 1960. The van der Waals surface area contributed by atoms with E-state index in [2.05, 4.69) is 142 Å². The third kappa shape index (κ3) is 42.9.